The van der Waals surface area contributed by atoms with Crippen molar-refractivity contribution in [2.24, 2.45) is 0 Å². The molecule has 0 aliphatic rings. The Morgan fingerprint density at radius 2 is 1.46 bits per heavy atom. The molecule has 0 aliphatic carbocycles. The summed E-state index contributed by atoms with van der Waals surface area (Å²) in [5.41, 5.74) is 4.96. The SMILES string of the molecule is CC(C)c1ccccc1F.COC(=O)c1ccc(C(C)(C)C)cc1.Cc1cc(C(C)C)ccc1O. The van der Waals surface area contributed by atoms with Gasteiger partial charge in [0.1, 0.15) is 11.6 Å². The Kier molecular flexibility index (Phi) is 11.7. The molecule has 3 nitrogen and oxygen atoms in total. The lowest BCUT2D eigenvalue weighted by Gasteiger charge is -2.18. The second kappa shape index (κ2) is 13.7. The van der Waals surface area contributed by atoms with Crippen molar-refractivity contribution < 1.29 is 19.0 Å². The molecule has 0 fully saturated rings. The van der Waals surface area contributed by atoms with E-state index in [1.807, 2.05) is 57.2 Å². The molecule has 0 saturated heterocycles. The third-order valence-corrected chi connectivity index (χ3v) is 5.59. The van der Waals surface area contributed by atoms with Crippen LogP contribution in [-0.2, 0) is 10.2 Å². The molecule has 0 heterocycles. The number of aryl methyl sites for hydroxylation is 1. The van der Waals surface area contributed by atoms with Crippen molar-refractivity contribution in [1.29, 1.82) is 0 Å². The Morgan fingerprint density at radius 1 is 0.886 bits per heavy atom. The van der Waals surface area contributed by atoms with Gasteiger partial charge in [0.2, 0.25) is 0 Å². The van der Waals surface area contributed by atoms with Crippen LogP contribution < -0.4 is 0 Å². The van der Waals surface area contributed by atoms with E-state index in [1.165, 1.54) is 24.3 Å². The van der Waals surface area contributed by atoms with Crippen LogP contribution in [0.3, 0.4) is 0 Å². The molecule has 3 aromatic carbocycles. The van der Waals surface area contributed by atoms with Gasteiger partial charge in [0.25, 0.3) is 0 Å². The molecule has 1 N–H and O–H groups in total. The van der Waals surface area contributed by atoms with Gasteiger partial charge in [0.05, 0.1) is 12.7 Å². The average Bonchev–Trinajstić information content (AvgIpc) is 2.80. The normalized spacial score (nSPS) is 10.7. The van der Waals surface area contributed by atoms with Crippen LogP contribution in [0.15, 0.2) is 66.7 Å². The average molecular weight is 481 g/mol. The minimum Gasteiger partial charge on any atom is -0.508 e. The third-order valence-electron chi connectivity index (χ3n) is 5.59. The molecule has 190 valence electrons. The largest absolute Gasteiger partial charge is 0.508 e. The lowest BCUT2D eigenvalue weighted by Crippen LogP contribution is -2.11. The zero-order valence-electron chi connectivity index (χ0n) is 22.6. The maximum atomic E-state index is 12.8. The molecule has 0 radical (unpaired) electrons. The molecule has 4 heteroatoms. The van der Waals surface area contributed by atoms with Crippen LogP contribution in [-0.4, -0.2) is 18.2 Å². The summed E-state index contributed by atoms with van der Waals surface area (Å²) in [5.74, 6) is 0.813. The van der Waals surface area contributed by atoms with E-state index in [0.717, 1.165) is 11.1 Å². The summed E-state index contributed by atoms with van der Waals surface area (Å²) in [6.45, 7) is 16.6. The first-order valence-electron chi connectivity index (χ1n) is 12.0. The van der Waals surface area contributed by atoms with Gasteiger partial charge in [-0.2, -0.15) is 0 Å². The molecule has 0 unspecified atom stereocenters. The van der Waals surface area contributed by atoms with E-state index >= 15 is 0 Å². The van der Waals surface area contributed by atoms with Gasteiger partial charge in [0.15, 0.2) is 0 Å². The van der Waals surface area contributed by atoms with Crippen molar-refractivity contribution in [3.05, 3.63) is 100 Å². The molecule has 0 bridgehead atoms. The number of methoxy groups -OCH3 is 1. The smallest absolute Gasteiger partial charge is 0.337 e. The zero-order valence-corrected chi connectivity index (χ0v) is 22.6. The Labute approximate surface area is 211 Å². The molecule has 3 aromatic rings. The number of rotatable bonds is 3. The number of hydrogen-bond donors (Lipinski definition) is 1. The number of halogens is 1. The molecule has 0 atom stereocenters. The van der Waals surface area contributed by atoms with Crippen molar-refractivity contribution in [2.45, 2.75) is 72.6 Å². The van der Waals surface area contributed by atoms with Gasteiger partial charge < -0.3 is 9.84 Å². The third kappa shape index (κ3) is 9.94. The maximum absolute atomic E-state index is 12.8. The maximum Gasteiger partial charge on any atom is 0.337 e. The quantitative estimate of drug-likeness (QED) is 0.382. The van der Waals surface area contributed by atoms with Crippen LogP contribution in [0.1, 0.15) is 92.9 Å². The van der Waals surface area contributed by atoms with Crippen molar-refractivity contribution in [2.75, 3.05) is 7.11 Å². The second-order valence-electron chi connectivity index (χ2n) is 10.2. The van der Waals surface area contributed by atoms with E-state index in [0.29, 0.717) is 17.2 Å². The number of aromatic hydroxyl groups is 1. The molecule has 0 amide bonds. The highest BCUT2D eigenvalue weighted by Crippen LogP contribution is 2.23. The number of ether oxygens (including phenoxy) is 1. The van der Waals surface area contributed by atoms with Gasteiger partial charge in [-0.25, -0.2) is 9.18 Å². The van der Waals surface area contributed by atoms with Crippen LogP contribution in [0.2, 0.25) is 0 Å². The van der Waals surface area contributed by atoms with Gasteiger partial charge in [-0.3, -0.25) is 0 Å². The molecule has 0 saturated carbocycles. The summed E-state index contributed by atoms with van der Waals surface area (Å²) in [6.07, 6.45) is 0. The first-order chi connectivity index (χ1) is 16.3. The fraction of sp³-hybridized carbons (Fsp3) is 0.387. The highest BCUT2D eigenvalue weighted by atomic mass is 19.1. The Balaban J connectivity index is 0.000000267. The van der Waals surface area contributed by atoms with Gasteiger partial charge in [-0.05, 0) is 70.7 Å². The van der Waals surface area contributed by atoms with Crippen LogP contribution in [0, 0.1) is 12.7 Å². The molecular formula is C31H41FO3. The van der Waals surface area contributed by atoms with Gasteiger partial charge in [-0.1, -0.05) is 90.9 Å². The van der Waals surface area contributed by atoms with Crippen molar-refractivity contribution in [3.63, 3.8) is 0 Å². The lowest BCUT2D eigenvalue weighted by molar-refractivity contribution is 0.0600. The monoisotopic (exact) mass is 480 g/mol. The second-order valence-corrected chi connectivity index (χ2v) is 10.2. The van der Waals surface area contributed by atoms with Gasteiger partial charge in [-0.15, -0.1) is 0 Å². The Morgan fingerprint density at radius 3 is 1.86 bits per heavy atom. The Bertz CT molecular complexity index is 1060. The number of carbonyl (C=O) groups is 1. The number of hydrogen-bond acceptors (Lipinski definition) is 3. The van der Waals surface area contributed by atoms with Crippen LogP contribution >= 0.6 is 0 Å². The first-order valence-corrected chi connectivity index (χ1v) is 12.0. The summed E-state index contributed by atoms with van der Waals surface area (Å²) in [6, 6.07) is 20.2. The number of carbonyl (C=O) groups excluding carboxylic acids is 1. The molecule has 0 aliphatic heterocycles. The van der Waals surface area contributed by atoms with E-state index in [9.17, 15) is 14.3 Å². The highest BCUT2D eigenvalue weighted by molar-refractivity contribution is 5.89. The predicted octanol–water partition coefficient (Wildman–Crippen LogP) is 8.54. The van der Waals surface area contributed by atoms with E-state index in [1.54, 1.807) is 24.3 Å². The standard InChI is InChI=1S/C12H16O2.C10H14O.C9H11F/c1-12(2,3)10-7-5-9(6-8-10)11(13)14-4;1-7(2)9-4-5-10(11)8(3)6-9;1-7(2)8-5-3-4-6-9(8)10/h5-8H,1-4H3;4-7,11H,1-3H3;3-7H,1-2H3. The van der Waals surface area contributed by atoms with Crippen LogP contribution in [0.5, 0.6) is 5.75 Å². The van der Waals surface area contributed by atoms with E-state index in [-0.39, 0.29) is 23.1 Å². The van der Waals surface area contributed by atoms with Crippen molar-refractivity contribution in [3.8, 4) is 5.75 Å². The van der Waals surface area contributed by atoms with E-state index < -0.39 is 0 Å². The zero-order chi connectivity index (χ0) is 26.8. The minimum atomic E-state index is -0.287. The minimum absolute atomic E-state index is 0.0995. The summed E-state index contributed by atoms with van der Waals surface area (Å²) in [4.78, 5) is 11.2. The number of esters is 1. The molecule has 3 rings (SSSR count). The molecule has 0 spiro atoms. The lowest BCUT2D eigenvalue weighted by atomic mass is 9.87. The van der Waals surface area contributed by atoms with Gasteiger partial charge >= 0.3 is 5.97 Å². The fourth-order valence-corrected chi connectivity index (χ4v) is 3.21. The fourth-order valence-electron chi connectivity index (χ4n) is 3.21. The van der Waals surface area contributed by atoms with Crippen molar-refractivity contribution in [1.82, 2.24) is 0 Å². The summed E-state index contributed by atoms with van der Waals surface area (Å²) in [5, 5.41) is 9.23. The van der Waals surface area contributed by atoms with Crippen LogP contribution in [0.25, 0.3) is 0 Å². The predicted molar refractivity (Wildman–Crippen MR) is 144 cm³/mol. The van der Waals surface area contributed by atoms with Gasteiger partial charge in [0, 0.05) is 0 Å². The van der Waals surface area contributed by atoms with Crippen LogP contribution in [0.4, 0.5) is 4.39 Å². The molecular weight excluding hydrogens is 439 g/mol. The summed E-state index contributed by atoms with van der Waals surface area (Å²) < 4.78 is 17.5. The first kappa shape index (κ1) is 29.9. The Hall–Kier alpha value is -3.14. The summed E-state index contributed by atoms with van der Waals surface area (Å²) >= 11 is 0. The van der Waals surface area contributed by atoms with E-state index in [4.69, 9.17) is 0 Å². The number of phenols is 1. The number of benzene rings is 3. The topological polar surface area (TPSA) is 46.5 Å². The number of phenolic OH excluding ortho intramolecular Hbond substituents is 1. The molecule has 0 aromatic heterocycles. The van der Waals surface area contributed by atoms with E-state index in [2.05, 4.69) is 39.4 Å². The van der Waals surface area contributed by atoms with Crippen molar-refractivity contribution >= 4 is 5.97 Å². The highest BCUT2D eigenvalue weighted by Gasteiger charge is 2.14. The molecule has 35 heavy (non-hydrogen) atoms. The summed E-state index contributed by atoms with van der Waals surface area (Å²) in [7, 11) is 1.39.